The van der Waals surface area contributed by atoms with Crippen LogP contribution in [0.4, 0.5) is 0 Å². The van der Waals surface area contributed by atoms with Crippen LogP contribution in [0.2, 0.25) is 0 Å². The zero-order valence-corrected chi connectivity index (χ0v) is 33.0. The van der Waals surface area contributed by atoms with Gasteiger partial charge in [-0.2, -0.15) is 0 Å². The molecule has 0 aliphatic rings. The highest BCUT2D eigenvalue weighted by Gasteiger charge is 2.46. The van der Waals surface area contributed by atoms with Gasteiger partial charge < -0.3 is 25.8 Å². The average Bonchev–Trinajstić information content (AvgIpc) is 2.89. The van der Waals surface area contributed by atoms with E-state index in [9.17, 15) is 15.3 Å². The molecular formula is C42H71NO4. The minimum Gasteiger partial charge on any atom is -0.485 e. The molecule has 2 aromatic carbocycles. The van der Waals surface area contributed by atoms with Crippen molar-refractivity contribution in [1.82, 2.24) is 0 Å². The lowest BCUT2D eigenvalue weighted by Crippen LogP contribution is -2.45. The number of rotatable bonds is 12. The van der Waals surface area contributed by atoms with E-state index in [4.69, 9.17) is 10.5 Å². The van der Waals surface area contributed by atoms with Crippen molar-refractivity contribution in [2.45, 2.75) is 158 Å². The van der Waals surface area contributed by atoms with Crippen LogP contribution in [-0.2, 0) is 28.2 Å². The number of nitrogens with two attached hydrogens (primary N) is 1. The van der Waals surface area contributed by atoms with E-state index in [0.29, 0.717) is 12.3 Å². The standard InChI is InChI=1S/C42H71NO4/c1-36(2,3)23-40(13,14)29-17-18-33(30(21-29)41(15,16)24-37(4,5)6)47-35(42(25-44,26-45)27-46)34-31(38(7,8)9)19-28(22-43)20-32(34)39(10,11)12/h17-21,35,44-46H,22-27,43H2,1-16H3. The Morgan fingerprint density at radius 2 is 1.02 bits per heavy atom. The molecule has 1 unspecified atom stereocenters. The smallest absolute Gasteiger partial charge is 0.137 e. The van der Waals surface area contributed by atoms with Crippen LogP contribution in [0.1, 0.15) is 163 Å². The third kappa shape index (κ3) is 10.1. The summed E-state index contributed by atoms with van der Waals surface area (Å²) < 4.78 is 7.27. The Morgan fingerprint density at radius 1 is 0.596 bits per heavy atom. The third-order valence-corrected chi connectivity index (χ3v) is 9.53. The molecule has 5 N–H and O–H groups in total. The van der Waals surface area contributed by atoms with Crippen molar-refractivity contribution in [2.24, 2.45) is 22.0 Å². The summed E-state index contributed by atoms with van der Waals surface area (Å²) in [6.07, 6.45) is 1.08. The fourth-order valence-corrected chi connectivity index (χ4v) is 7.80. The Morgan fingerprint density at radius 3 is 1.38 bits per heavy atom. The number of hydrogen-bond donors (Lipinski definition) is 4. The van der Waals surface area contributed by atoms with Crippen LogP contribution < -0.4 is 10.5 Å². The lowest BCUT2D eigenvalue weighted by atomic mass is 9.68. The fourth-order valence-electron chi connectivity index (χ4n) is 7.80. The second-order valence-electron chi connectivity index (χ2n) is 20.1. The highest BCUT2D eigenvalue weighted by Crippen LogP contribution is 2.50. The number of aliphatic hydroxyl groups excluding tert-OH is 3. The Kier molecular flexibility index (Phi) is 12.4. The number of benzene rings is 2. The van der Waals surface area contributed by atoms with Crippen molar-refractivity contribution in [2.75, 3.05) is 19.8 Å². The van der Waals surface area contributed by atoms with Crippen molar-refractivity contribution >= 4 is 0 Å². The third-order valence-electron chi connectivity index (χ3n) is 9.53. The van der Waals surface area contributed by atoms with Gasteiger partial charge in [-0.15, -0.1) is 0 Å². The molecule has 0 saturated heterocycles. The number of hydrogen-bond acceptors (Lipinski definition) is 5. The molecule has 0 aliphatic carbocycles. The maximum Gasteiger partial charge on any atom is 0.137 e. The van der Waals surface area contributed by atoms with Crippen LogP contribution >= 0.6 is 0 Å². The maximum atomic E-state index is 11.0. The van der Waals surface area contributed by atoms with Gasteiger partial charge in [0.05, 0.1) is 25.2 Å². The quantitative estimate of drug-likeness (QED) is 0.183. The summed E-state index contributed by atoms with van der Waals surface area (Å²) in [5, 5.41) is 33.0. The van der Waals surface area contributed by atoms with Crippen LogP contribution in [0.5, 0.6) is 5.75 Å². The van der Waals surface area contributed by atoms with E-state index in [1.54, 1.807) is 0 Å². The lowest BCUT2D eigenvalue weighted by Gasteiger charge is -2.43. The molecule has 5 nitrogen and oxygen atoms in total. The van der Waals surface area contributed by atoms with E-state index in [2.05, 4.69) is 141 Å². The van der Waals surface area contributed by atoms with Gasteiger partial charge in [0.25, 0.3) is 0 Å². The highest BCUT2D eigenvalue weighted by molar-refractivity contribution is 5.50. The first-order valence-corrected chi connectivity index (χ1v) is 17.6. The molecule has 268 valence electrons. The van der Waals surface area contributed by atoms with E-state index in [0.717, 1.165) is 40.7 Å². The lowest BCUT2D eigenvalue weighted by molar-refractivity contribution is -0.0758. The summed E-state index contributed by atoms with van der Waals surface area (Å²) in [6, 6.07) is 10.9. The minimum atomic E-state index is -1.36. The SMILES string of the molecule is CC(C)(C)CC(C)(C)c1ccc(OC(c2c(C(C)(C)C)cc(CN)cc2C(C)(C)C)C(CO)(CO)CO)c(C(C)(C)CC(C)(C)C)c1. The summed E-state index contributed by atoms with van der Waals surface area (Å²) in [6.45, 7) is 34.9. The number of aliphatic hydroxyl groups is 3. The van der Waals surface area contributed by atoms with Gasteiger partial charge in [-0.25, -0.2) is 0 Å². The van der Waals surface area contributed by atoms with Crippen molar-refractivity contribution in [3.05, 3.63) is 63.7 Å². The maximum absolute atomic E-state index is 11.0. The molecule has 0 radical (unpaired) electrons. The second kappa shape index (κ2) is 14.1. The van der Waals surface area contributed by atoms with Gasteiger partial charge in [0.15, 0.2) is 0 Å². The van der Waals surface area contributed by atoms with Crippen molar-refractivity contribution in [1.29, 1.82) is 0 Å². The largest absolute Gasteiger partial charge is 0.485 e. The summed E-state index contributed by atoms with van der Waals surface area (Å²) in [5.41, 5.74) is 10.4. The van der Waals surface area contributed by atoms with Gasteiger partial charge in [0.2, 0.25) is 0 Å². The topological polar surface area (TPSA) is 95.9 Å². The van der Waals surface area contributed by atoms with Crippen molar-refractivity contribution < 1.29 is 20.1 Å². The summed E-state index contributed by atoms with van der Waals surface area (Å²) in [4.78, 5) is 0. The first-order chi connectivity index (χ1) is 21.1. The first-order valence-electron chi connectivity index (χ1n) is 17.6. The van der Waals surface area contributed by atoms with Gasteiger partial charge >= 0.3 is 0 Å². The van der Waals surface area contributed by atoms with E-state index in [1.807, 2.05) is 0 Å². The molecule has 5 heteroatoms. The molecule has 2 aromatic rings. The molecular weight excluding hydrogens is 582 g/mol. The van der Waals surface area contributed by atoms with Gasteiger partial charge in [0, 0.05) is 17.7 Å². The molecule has 0 aromatic heterocycles. The summed E-state index contributed by atoms with van der Waals surface area (Å²) in [5.74, 6) is 0.710. The Labute approximate surface area is 288 Å². The van der Waals surface area contributed by atoms with Gasteiger partial charge in [-0.3, -0.25) is 0 Å². The molecule has 0 spiro atoms. The molecule has 0 aliphatic heterocycles. The Bertz CT molecular complexity index is 1300. The molecule has 0 heterocycles. The fraction of sp³-hybridized carbons (Fsp3) is 0.714. The molecule has 0 bridgehead atoms. The molecule has 1 atom stereocenters. The van der Waals surface area contributed by atoms with Gasteiger partial charge in [0.1, 0.15) is 11.9 Å². The molecule has 0 saturated carbocycles. The van der Waals surface area contributed by atoms with E-state index in [-0.39, 0.29) is 32.5 Å². The summed E-state index contributed by atoms with van der Waals surface area (Å²) in [7, 11) is 0. The molecule has 47 heavy (non-hydrogen) atoms. The van der Waals surface area contributed by atoms with Crippen molar-refractivity contribution in [3.8, 4) is 5.75 Å². The zero-order valence-electron chi connectivity index (χ0n) is 33.0. The average molecular weight is 654 g/mol. The normalized spacial score (nSPS) is 14.8. The van der Waals surface area contributed by atoms with E-state index >= 15 is 0 Å². The Hall–Kier alpha value is -1.92. The van der Waals surface area contributed by atoms with Crippen LogP contribution in [0.15, 0.2) is 30.3 Å². The molecule has 0 fully saturated rings. The van der Waals surface area contributed by atoms with Crippen LogP contribution in [0.25, 0.3) is 0 Å². The molecule has 2 rings (SSSR count). The van der Waals surface area contributed by atoms with Crippen molar-refractivity contribution in [3.63, 3.8) is 0 Å². The predicted octanol–water partition coefficient (Wildman–Crippen LogP) is 9.25. The van der Waals surface area contributed by atoms with Crippen LogP contribution in [-0.4, -0.2) is 35.1 Å². The number of ether oxygens (including phenoxy) is 1. The monoisotopic (exact) mass is 654 g/mol. The minimum absolute atomic E-state index is 0.0546. The van der Waals surface area contributed by atoms with Crippen LogP contribution in [0, 0.1) is 16.2 Å². The zero-order chi connectivity index (χ0) is 36.6. The highest BCUT2D eigenvalue weighted by atomic mass is 16.5. The predicted molar refractivity (Wildman–Crippen MR) is 199 cm³/mol. The summed E-state index contributed by atoms with van der Waals surface area (Å²) >= 11 is 0. The second-order valence-corrected chi connectivity index (χ2v) is 20.1. The van der Waals surface area contributed by atoms with Crippen LogP contribution in [0.3, 0.4) is 0 Å². The Balaban J connectivity index is 3.12. The first kappa shape index (κ1) is 41.3. The van der Waals surface area contributed by atoms with E-state index < -0.39 is 31.3 Å². The van der Waals surface area contributed by atoms with Gasteiger partial charge in [-0.05, 0) is 73.7 Å². The molecule has 0 amide bonds. The van der Waals surface area contributed by atoms with Gasteiger partial charge in [-0.1, -0.05) is 135 Å². The van der Waals surface area contributed by atoms with E-state index in [1.165, 1.54) is 5.56 Å².